The van der Waals surface area contributed by atoms with Crippen molar-refractivity contribution in [1.82, 2.24) is 20.1 Å². The van der Waals surface area contributed by atoms with Crippen molar-refractivity contribution in [3.63, 3.8) is 0 Å². The van der Waals surface area contributed by atoms with Crippen LogP contribution in [0.1, 0.15) is 16.4 Å². The van der Waals surface area contributed by atoms with Crippen LogP contribution in [0.4, 0.5) is 0 Å². The van der Waals surface area contributed by atoms with Crippen LogP contribution in [0.15, 0.2) is 0 Å². The maximum Gasteiger partial charge on any atom is 0.290 e. The number of rotatable bonds is 0. The van der Waals surface area contributed by atoms with E-state index >= 15 is 0 Å². The average Bonchev–Trinajstić information content (AvgIpc) is 2.35. The molecule has 0 saturated heterocycles. The number of hydrogen-bond donors (Lipinski definition) is 1. The van der Waals surface area contributed by atoms with Crippen molar-refractivity contribution in [2.45, 2.75) is 13.6 Å². The van der Waals surface area contributed by atoms with E-state index in [4.69, 9.17) is 0 Å². The fourth-order valence-corrected chi connectivity index (χ4v) is 0.959. The number of carbonyl (C=O) groups is 1. The van der Waals surface area contributed by atoms with Gasteiger partial charge in [0.2, 0.25) is 5.82 Å². The summed E-state index contributed by atoms with van der Waals surface area (Å²) < 4.78 is 1.55. The van der Waals surface area contributed by atoms with Gasteiger partial charge in [-0.3, -0.25) is 4.79 Å². The summed E-state index contributed by atoms with van der Waals surface area (Å²) in [6, 6.07) is 0. The first-order valence-corrected chi connectivity index (χ1v) is 2.97. The van der Waals surface area contributed by atoms with Crippen LogP contribution in [0.2, 0.25) is 0 Å². The molecule has 52 valence electrons. The van der Waals surface area contributed by atoms with Gasteiger partial charge in [-0.15, -0.1) is 0 Å². The molecule has 0 radical (unpaired) electrons. The van der Waals surface area contributed by atoms with Gasteiger partial charge < -0.3 is 5.32 Å². The molecule has 2 heterocycles. The van der Waals surface area contributed by atoms with Crippen molar-refractivity contribution in [1.29, 1.82) is 0 Å². The fraction of sp³-hybridized carbons (Fsp3) is 0.400. The van der Waals surface area contributed by atoms with Crippen molar-refractivity contribution in [3.8, 4) is 0 Å². The normalized spacial score (nSPS) is 15.1. The van der Waals surface area contributed by atoms with Gasteiger partial charge in [0.25, 0.3) is 5.91 Å². The molecule has 5 nitrogen and oxygen atoms in total. The minimum absolute atomic E-state index is 0.138. The highest BCUT2D eigenvalue weighted by Crippen LogP contribution is 2.01. The Balaban J connectivity index is 2.59. The molecule has 0 bridgehead atoms. The second-order valence-electron chi connectivity index (χ2n) is 2.15. The maximum atomic E-state index is 10.8. The summed E-state index contributed by atoms with van der Waals surface area (Å²) in [5.41, 5.74) is 0. The third-order valence-corrected chi connectivity index (χ3v) is 1.37. The Kier molecular flexibility index (Phi) is 0.841. The van der Waals surface area contributed by atoms with Crippen molar-refractivity contribution in [2.24, 2.45) is 0 Å². The largest absolute Gasteiger partial charge is 0.330 e. The molecule has 5 heteroatoms. The summed E-state index contributed by atoms with van der Waals surface area (Å²) in [4.78, 5) is 14.8. The highest BCUT2D eigenvalue weighted by molar-refractivity contribution is 5.91. The second kappa shape index (κ2) is 1.56. The predicted molar refractivity (Wildman–Crippen MR) is 32.2 cm³/mol. The Bertz CT molecular complexity index is 290. The highest BCUT2D eigenvalue weighted by atomic mass is 16.2. The van der Waals surface area contributed by atoms with Gasteiger partial charge in [0.15, 0.2) is 0 Å². The van der Waals surface area contributed by atoms with Crippen LogP contribution < -0.4 is 5.32 Å². The van der Waals surface area contributed by atoms with Crippen LogP contribution in [-0.4, -0.2) is 20.7 Å². The van der Waals surface area contributed by atoms with Crippen LogP contribution in [0, 0.1) is 6.92 Å². The molecular formula is C5H6N4O. The van der Waals surface area contributed by atoms with Gasteiger partial charge >= 0.3 is 0 Å². The third kappa shape index (κ3) is 0.541. The van der Waals surface area contributed by atoms with Crippen LogP contribution in [0.5, 0.6) is 0 Å². The first-order chi connectivity index (χ1) is 4.77. The maximum absolute atomic E-state index is 10.8. The lowest BCUT2D eigenvalue weighted by atomic mass is 10.6. The zero-order valence-electron chi connectivity index (χ0n) is 5.46. The molecule has 0 aromatic carbocycles. The smallest absolute Gasteiger partial charge is 0.290 e. The van der Waals surface area contributed by atoms with Crippen LogP contribution >= 0.6 is 0 Å². The van der Waals surface area contributed by atoms with Gasteiger partial charge in [0.05, 0.1) is 0 Å². The predicted octanol–water partition coefficient (Wildman–Crippen LogP) is -0.713. The Morgan fingerprint density at radius 2 is 2.50 bits per heavy atom. The van der Waals surface area contributed by atoms with E-state index in [1.807, 2.05) is 0 Å². The standard InChI is InChI=1S/C5H6N4O/c1-3-7-4-5(10)6-2-9(4)8-3/h2H2,1H3,(H,6,10). The van der Waals surface area contributed by atoms with Crippen molar-refractivity contribution < 1.29 is 4.79 Å². The van der Waals surface area contributed by atoms with Gasteiger partial charge in [-0.25, -0.2) is 9.67 Å². The molecule has 10 heavy (non-hydrogen) atoms. The summed E-state index contributed by atoms with van der Waals surface area (Å²) in [5, 5.41) is 6.56. The van der Waals surface area contributed by atoms with Gasteiger partial charge in [0.1, 0.15) is 12.5 Å². The lowest BCUT2D eigenvalue weighted by Gasteiger charge is -1.86. The highest BCUT2D eigenvalue weighted by Gasteiger charge is 2.21. The van der Waals surface area contributed by atoms with Crippen molar-refractivity contribution >= 4 is 5.91 Å². The van der Waals surface area contributed by atoms with Crippen molar-refractivity contribution in [2.75, 3.05) is 0 Å². The zero-order chi connectivity index (χ0) is 7.14. The van der Waals surface area contributed by atoms with Crippen molar-refractivity contribution in [3.05, 3.63) is 11.6 Å². The van der Waals surface area contributed by atoms with E-state index < -0.39 is 0 Å². The number of aryl methyl sites for hydroxylation is 1. The Morgan fingerprint density at radius 3 is 3.20 bits per heavy atom. The number of nitrogens with zero attached hydrogens (tertiary/aromatic N) is 3. The molecule has 0 atom stereocenters. The van der Waals surface area contributed by atoms with E-state index in [2.05, 4.69) is 15.4 Å². The Morgan fingerprint density at radius 1 is 1.70 bits per heavy atom. The Labute approximate surface area is 57.1 Å². The SMILES string of the molecule is Cc1nc2n(n1)CNC2=O. The molecule has 1 aromatic heterocycles. The Hall–Kier alpha value is -1.39. The second-order valence-corrected chi connectivity index (χ2v) is 2.15. The van der Waals surface area contributed by atoms with E-state index in [1.165, 1.54) is 0 Å². The molecule has 1 amide bonds. The van der Waals surface area contributed by atoms with Gasteiger partial charge in [0, 0.05) is 0 Å². The van der Waals surface area contributed by atoms with Gasteiger partial charge in [-0.1, -0.05) is 0 Å². The molecule has 2 rings (SSSR count). The van der Waals surface area contributed by atoms with Crippen LogP contribution in [0.25, 0.3) is 0 Å². The summed E-state index contributed by atoms with van der Waals surface area (Å²) in [7, 11) is 0. The number of amides is 1. The molecule has 1 aliphatic heterocycles. The first kappa shape index (κ1) is 5.40. The third-order valence-electron chi connectivity index (χ3n) is 1.37. The number of aromatic nitrogens is 3. The number of carbonyl (C=O) groups excluding carboxylic acids is 1. The number of fused-ring (bicyclic) bond motifs is 1. The molecule has 0 fully saturated rings. The average molecular weight is 138 g/mol. The minimum atomic E-state index is -0.138. The lowest BCUT2D eigenvalue weighted by molar-refractivity contribution is 0.0961. The number of nitrogens with one attached hydrogen (secondary N) is 1. The molecule has 1 aromatic rings. The molecule has 0 saturated carbocycles. The number of hydrogen-bond acceptors (Lipinski definition) is 3. The molecule has 0 aliphatic carbocycles. The monoisotopic (exact) mass is 138 g/mol. The van der Waals surface area contributed by atoms with E-state index in [1.54, 1.807) is 11.6 Å². The van der Waals surface area contributed by atoms with E-state index in [0.717, 1.165) is 0 Å². The zero-order valence-corrected chi connectivity index (χ0v) is 5.46. The first-order valence-electron chi connectivity index (χ1n) is 2.97. The quantitative estimate of drug-likeness (QED) is 0.515. The summed E-state index contributed by atoms with van der Waals surface area (Å²) >= 11 is 0. The summed E-state index contributed by atoms with van der Waals surface area (Å²) in [5.74, 6) is 0.919. The summed E-state index contributed by atoms with van der Waals surface area (Å²) in [6.07, 6.45) is 0. The minimum Gasteiger partial charge on any atom is -0.330 e. The van der Waals surface area contributed by atoms with E-state index in [0.29, 0.717) is 18.3 Å². The topological polar surface area (TPSA) is 59.8 Å². The molecular weight excluding hydrogens is 132 g/mol. The lowest BCUT2D eigenvalue weighted by Crippen LogP contribution is -2.14. The van der Waals surface area contributed by atoms with E-state index in [9.17, 15) is 4.79 Å². The fourth-order valence-electron chi connectivity index (χ4n) is 0.959. The molecule has 1 aliphatic rings. The van der Waals surface area contributed by atoms with Gasteiger partial charge in [-0.05, 0) is 6.92 Å². The molecule has 0 unspecified atom stereocenters. The molecule has 1 N–H and O–H groups in total. The van der Waals surface area contributed by atoms with Gasteiger partial charge in [-0.2, -0.15) is 5.10 Å². The molecule has 0 spiro atoms. The van der Waals surface area contributed by atoms with Crippen LogP contribution in [0.3, 0.4) is 0 Å². The van der Waals surface area contributed by atoms with E-state index in [-0.39, 0.29) is 5.91 Å². The van der Waals surface area contributed by atoms with Crippen LogP contribution in [-0.2, 0) is 6.67 Å². The summed E-state index contributed by atoms with van der Waals surface area (Å²) in [6.45, 7) is 2.22.